The summed E-state index contributed by atoms with van der Waals surface area (Å²) in [4.78, 5) is 62.9. The standard InChI is InChI=1S/C23H29ClFN5O2.C23H30ClN5O2.C22H30ClN5O/c1-30-10-8-15(9-11-30)27-22(31)18-6-4-16(13-20(18)25)28-23-26-14-19(24)21(29-23)7-5-17-3-2-12-32-17;1-28-10-12-29(13-11-28)22(30)15-17-4-6-18(7-5-17)26-23-25-16-20(24)21(27-23)9-8-19-3-2-14-31-19;1-16-14-17(28-11-9-27(2)10-12-28)5-7-20(16)25-22-24-15-19(23)21(26-22)8-6-18-4-3-13-29-18/h4,6,13-15,17H,2-3,5,7-12H2,1H3,(H,27,31)(H,26,28,29);4-7,16,19H,2-3,8-15H2,1H3,(H,25,26,27);5,7,14-15,18H,3-4,6,8-13H2,1-2H3,(H,24,25,26)/t17-;19-;18-/m111/s1. The van der Waals surface area contributed by atoms with E-state index in [9.17, 15) is 14.0 Å². The van der Waals surface area contributed by atoms with E-state index in [1.165, 1.54) is 23.4 Å². The van der Waals surface area contributed by atoms with Crippen LogP contribution in [0.5, 0.6) is 0 Å². The molecular formula is C68H89Cl3FN15O5. The zero-order chi connectivity index (χ0) is 64.3. The van der Waals surface area contributed by atoms with E-state index < -0.39 is 5.82 Å². The molecule has 0 spiro atoms. The smallest absolute Gasteiger partial charge is 0.254 e. The van der Waals surface area contributed by atoms with Crippen LogP contribution in [0.25, 0.3) is 0 Å². The summed E-state index contributed by atoms with van der Waals surface area (Å²) in [6.07, 6.45) is 19.6. The maximum absolute atomic E-state index is 14.7. The SMILES string of the molecule is CN1CCC(NC(=O)c2ccc(Nc3ncc(Cl)c(CC[C@H]4CCCO4)n3)cc2F)CC1.CN1CCN(C(=O)Cc2ccc(Nc3ncc(Cl)c(CC[C@H]4CCCO4)n3)cc2)CC1.Cc1cc(N2CCN(C)CC2)ccc1Nc1ncc(Cl)c(CC[C@H]2CCCO2)n1. The third-order valence-corrected chi connectivity index (χ3v) is 18.8. The predicted molar refractivity (Wildman–Crippen MR) is 362 cm³/mol. The monoisotopic (exact) mass is 1320 g/mol. The fourth-order valence-electron chi connectivity index (χ4n) is 12.1. The molecule has 4 N–H and O–H groups in total. The number of nitrogens with zero attached hydrogens (tertiary/aromatic N) is 11. The number of benzene rings is 3. The first kappa shape index (κ1) is 68.5. The Kier molecular flexibility index (Phi) is 25.4. The minimum atomic E-state index is -0.590. The van der Waals surface area contributed by atoms with Gasteiger partial charge < -0.3 is 60.0 Å². The van der Waals surface area contributed by atoms with Gasteiger partial charge in [-0.3, -0.25) is 9.59 Å². The lowest BCUT2D eigenvalue weighted by Crippen LogP contribution is -2.47. The minimum absolute atomic E-state index is 0.0313. The number of aryl methyl sites for hydroxylation is 4. The molecule has 6 aromatic rings. The molecule has 3 aromatic carbocycles. The van der Waals surface area contributed by atoms with Gasteiger partial charge in [0.15, 0.2) is 0 Å². The van der Waals surface area contributed by atoms with Gasteiger partial charge in [-0.1, -0.05) is 46.9 Å². The summed E-state index contributed by atoms with van der Waals surface area (Å²) < 4.78 is 31.7. The average Bonchev–Trinajstić information content (AvgIpc) is 2.25. The Morgan fingerprint density at radius 1 is 0.554 bits per heavy atom. The maximum Gasteiger partial charge on any atom is 0.254 e. The van der Waals surface area contributed by atoms with Crippen LogP contribution >= 0.6 is 34.8 Å². The minimum Gasteiger partial charge on any atom is -0.378 e. The van der Waals surface area contributed by atoms with Gasteiger partial charge in [0.05, 0.1) is 81.0 Å². The van der Waals surface area contributed by atoms with Gasteiger partial charge in [-0.2, -0.15) is 0 Å². The van der Waals surface area contributed by atoms with E-state index in [-0.39, 0.29) is 29.5 Å². The molecular weight excluding hydrogens is 1230 g/mol. The second kappa shape index (κ2) is 34.1. The first-order chi connectivity index (χ1) is 44.6. The Hall–Kier alpha value is -6.40. The Bertz CT molecular complexity index is 3350. The fraction of sp³-hybridized carbons (Fsp3) is 0.529. The molecule has 2 amide bonds. The van der Waals surface area contributed by atoms with Crippen LogP contribution in [0.3, 0.4) is 0 Å². The number of anilines is 7. The summed E-state index contributed by atoms with van der Waals surface area (Å²) in [5.41, 5.74) is 8.30. The van der Waals surface area contributed by atoms with E-state index in [0.29, 0.717) is 63.6 Å². The van der Waals surface area contributed by atoms with Crippen molar-refractivity contribution in [3.8, 4) is 0 Å². The van der Waals surface area contributed by atoms with E-state index in [1.54, 1.807) is 24.7 Å². The van der Waals surface area contributed by atoms with Crippen LogP contribution in [-0.2, 0) is 44.7 Å². The highest BCUT2D eigenvalue weighted by Gasteiger charge is 2.25. The first-order valence-corrected chi connectivity index (χ1v) is 33.8. The molecule has 0 unspecified atom stereocenters. The molecule has 494 valence electrons. The van der Waals surface area contributed by atoms with E-state index in [2.05, 4.69) is 117 Å². The first-order valence-electron chi connectivity index (χ1n) is 32.7. The van der Waals surface area contributed by atoms with Crippen molar-refractivity contribution in [1.82, 2.24) is 54.8 Å². The van der Waals surface area contributed by atoms with Gasteiger partial charge in [0, 0.05) is 101 Å². The number of carbonyl (C=O) groups excluding carboxylic acids is 2. The molecule has 6 fully saturated rings. The highest BCUT2D eigenvalue weighted by molar-refractivity contribution is 6.31. The molecule has 6 aliphatic heterocycles. The molecule has 0 saturated carbocycles. The zero-order valence-electron chi connectivity index (χ0n) is 53.6. The number of nitrogens with one attached hydrogen (secondary N) is 4. The van der Waals surface area contributed by atoms with Crippen molar-refractivity contribution in [3.05, 3.63) is 134 Å². The molecule has 6 aliphatic rings. The number of amides is 2. The maximum atomic E-state index is 14.7. The highest BCUT2D eigenvalue weighted by Crippen LogP contribution is 2.29. The van der Waals surface area contributed by atoms with Crippen molar-refractivity contribution in [2.75, 3.05) is 127 Å². The Labute approximate surface area is 556 Å². The predicted octanol–water partition coefficient (Wildman–Crippen LogP) is 11.3. The summed E-state index contributed by atoms with van der Waals surface area (Å²) in [7, 11) is 6.32. The van der Waals surface area contributed by atoms with E-state index >= 15 is 0 Å². The molecule has 20 nitrogen and oxygen atoms in total. The van der Waals surface area contributed by atoms with Crippen LogP contribution in [0.4, 0.5) is 45.0 Å². The topological polar surface area (TPSA) is 203 Å². The lowest BCUT2D eigenvalue weighted by molar-refractivity contribution is -0.132. The fourth-order valence-corrected chi connectivity index (χ4v) is 12.6. The number of ether oxygens (including phenoxy) is 3. The van der Waals surface area contributed by atoms with Gasteiger partial charge in [-0.25, -0.2) is 34.3 Å². The van der Waals surface area contributed by atoms with Crippen LogP contribution in [0.2, 0.25) is 15.1 Å². The number of carbonyl (C=O) groups is 2. The van der Waals surface area contributed by atoms with Crippen molar-refractivity contribution < 1.29 is 28.2 Å². The Balaban J connectivity index is 0.000000151. The third-order valence-electron chi connectivity index (χ3n) is 17.9. The molecule has 3 atom stereocenters. The normalized spacial score (nSPS) is 19.8. The Morgan fingerprint density at radius 3 is 1.50 bits per heavy atom. The number of aromatic nitrogens is 6. The van der Waals surface area contributed by atoms with E-state index in [4.69, 9.17) is 49.0 Å². The average molecular weight is 1320 g/mol. The lowest BCUT2D eigenvalue weighted by Gasteiger charge is -2.34. The van der Waals surface area contributed by atoms with Gasteiger partial charge in [0.2, 0.25) is 23.8 Å². The van der Waals surface area contributed by atoms with Crippen molar-refractivity contribution in [2.24, 2.45) is 0 Å². The van der Waals surface area contributed by atoms with E-state index in [0.717, 1.165) is 203 Å². The van der Waals surface area contributed by atoms with Crippen molar-refractivity contribution >= 4 is 87.2 Å². The largest absolute Gasteiger partial charge is 0.378 e. The lowest BCUT2D eigenvalue weighted by atomic mass is 10.0. The third kappa shape index (κ3) is 20.6. The number of likely N-dealkylation sites (tertiary alicyclic amines) is 1. The van der Waals surface area contributed by atoms with Crippen LogP contribution in [0, 0.1) is 12.7 Å². The Morgan fingerprint density at radius 2 is 1.02 bits per heavy atom. The number of likely N-dealkylation sites (N-methyl/N-ethyl adjacent to an activating group) is 2. The van der Waals surface area contributed by atoms with Crippen LogP contribution in [-0.4, -0.2) is 192 Å². The van der Waals surface area contributed by atoms with Crippen LogP contribution in [0.1, 0.15) is 109 Å². The van der Waals surface area contributed by atoms with Crippen LogP contribution < -0.4 is 26.2 Å². The van der Waals surface area contributed by atoms with Gasteiger partial charge >= 0.3 is 0 Å². The second-order valence-corrected chi connectivity index (χ2v) is 26.2. The van der Waals surface area contributed by atoms with Gasteiger partial charge in [-0.05, 0) is 191 Å². The number of hydrogen-bond donors (Lipinski definition) is 4. The van der Waals surface area contributed by atoms with Crippen molar-refractivity contribution in [2.45, 2.75) is 128 Å². The zero-order valence-corrected chi connectivity index (χ0v) is 55.9. The highest BCUT2D eigenvalue weighted by atomic mass is 35.5. The summed E-state index contributed by atoms with van der Waals surface area (Å²) in [6, 6.07) is 18.9. The number of rotatable bonds is 20. The quantitative estimate of drug-likeness (QED) is 0.0561. The number of halogens is 4. The molecule has 12 rings (SSSR count). The number of piperazine rings is 2. The summed E-state index contributed by atoms with van der Waals surface area (Å²) >= 11 is 18.9. The van der Waals surface area contributed by atoms with Gasteiger partial charge in [-0.15, -0.1) is 0 Å². The van der Waals surface area contributed by atoms with Crippen molar-refractivity contribution in [1.29, 1.82) is 0 Å². The molecule has 9 heterocycles. The van der Waals surface area contributed by atoms with Gasteiger partial charge in [0.25, 0.3) is 5.91 Å². The molecule has 0 aliphatic carbocycles. The number of hydrogen-bond acceptors (Lipinski definition) is 18. The molecule has 24 heteroatoms. The summed E-state index contributed by atoms with van der Waals surface area (Å²) in [5.74, 6) is 0.654. The van der Waals surface area contributed by atoms with Gasteiger partial charge in [0.1, 0.15) is 5.82 Å². The molecule has 0 bridgehead atoms. The molecule has 0 radical (unpaired) electrons. The van der Waals surface area contributed by atoms with Crippen molar-refractivity contribution in [3.63, 3.8) is 0 Å². The summed E-state index contributed by atoms with van der Waals surface area (Å²) in [5, 5.41) is 14.3. The van der Waals surface area contributed by atoms with E-state index in [1.807, 2.05) is 29.2 Å². The molecule has 6 saturated heterocycles. The van der Waals surface area contributed by atoms with Crippen LogP contribution in [0.15, 0.2) is 79.3 Å². The second-order valence-electron chi connectivity index (χ2n) is 25.0. The molecule has 92 heavy (non-hydrogen) atoms. The molecule has 3 aromatic heterocycles. The number of piperidine rings is 1. The summed E-state index contributed by atoms with van der Waals surface area (Å²) in [6.45, 7) is 14.3.